The Hall–Kier alpha value is 0.173. The molecule has 0 amide bonds. The number of halogens is 1. The monoisotopic (exact) mass is 253 g/mol. The average molecular weight is 253 g/mol. The van der Waals surface area contributed by atoms with E-state index in [0.717, 1.165) is 0 Å². The molecule has 0 aliphatic heterocycles. The predicted molar refractivity (Wildman–Crippen MR) is 34.4 cm³/mol. The fourth-order valence-corrected chi connectivity index (χ4v) is 1.22. The Balaban J connectivity index is 4.46. The molecular weight excluding hydrogens is 246 g/mol. The summed E-state index contributed by atoms with van der Waals surface area (Å²) in [6.07, 6.45) is 0. The molecule has 0 aromatic rings. The van der Waals surface area contributed by atoms with Crippen molar-refractivity contribution in [3.63, 3.8) is 0 Å². The van der Waals surface area contributed by atoms with Crippen LogP contribution in [0.3, 0.4) is 0 Å². The maximum absolute atomic E-state index is 10.7. The topological polar surface area (TPSA) is 61.2 Å². The van der Waals surface area contributed by atoms with Crippen LogP contribution >= 0.6 is 9.69 Å². The molecule has 0 aromatic heterocycles. The summed E-state index contributed by atoms with van der Waals surface area (Å²) < 4.78 is 0.600. The summed E-state index contributed by atoms with van der Waals surface area (Å²) in [5.74, 6) is 0. The van der Waals surface area contributed by atoms with Gasteiger partial charge < -0.3 is 0 Å². The fraction of sp³-hybridized carbons (Fsp3) is 0.500. The summed E-state index contributed by atoms with van der Waals surface area (Å²) in [6.45, 7) is 3.07. The van der Waals surface area contributed by atoms with E-state index in [2.05, 4.69) is 0 Å². The van der Waals surface area contributed by atoms with Gasteiger partial charge in [-0.1, -0.05) is 0 Å². The van der Waals surface area contributed by atoms with Crippen LogP contribution in [0, 0.1) is 10.4 Å². The van der Waals surface area contributed by atoms with Crippen molar-refractivity contribution >= 4 is 9.69 Å². The molecule has 0 saturated heterocycles. The molecule has 0 rings (SSSR count). The average Bonchev–Trinajstić information content (AvgIpc) is 2.00. The third-order valence-corrected chi connectivity index (χ3v) is 2.40. The molecule has 4 nitrogen and oxygen atoms in total. The van der Waals surface area contributed by atoms with E-state index in [1.807, 2.05) is 0 Å². The molecule has 0 saturated carbocycles. The van der Waals surface area contributed by atoms with E-state index in [1.165, 1.54) is 6.92 Å². The first-order valence-corrected chi connectivity index (χ1v) is 5.23. The minimum atomic E-state index is -0.709. The summed E-state index contributed by atoms with van der Waals surface area (Å²) >= 11 is -0.709. The molecule has 0 bridgehead atoms. The number of allylic oxidation sites excluding steroid dienone is 2. The van der Waals surface area contributed by atoms with Gasteiger partial charge in [0.05, 0.1) is 0 Å². The van der Waals surface area contributed by atoms with Crippen LogP contribution in [0.15, 0.2) is 11.4 Å². The van der Waals surface area contributed by atoms with E-state index < -0.39 is 15.9 Å². The molecule has 0 spiro atoms. The van der Waals surface area contributed by atoms with E-state index >= 15 is 0 Å². The second-order valence-corrected chi connectivity index (χ2v) is 3.20. The molecule has 10 heavy (non-hydrogen) atoms. The van der Waals surface area contributed by atoms with Crippen molar-refractivity contribution in [2.45, 2.75) is 13.8 Å². The van der Waals surface area contributed by atoms with Gasteiger partial charge in [0.25, 0.3) is 0 Å². The zero-order chi connectivity index (χ0) is 8.15. The Morgan fingerprint density at radius 3 is 2.40 bits per heavy atom. The van der Waals surface area contributed by atoms with Gasteiger partial charge in [-0.3, -0.25) is 0 Å². The Labute approximate surface area is 70.5 Å². The van der Waals surface area contributed by atoms with Gasteiger partial charge in [-0.2, -0.15) is 0 Å². The normalized spacial score (nSPS) is 16.3. The van der Waals surface area contributed by atoms with Crippen LogP contribution in [0.2, 0.25) is 0 Å². The first-order valence-electron chi connectivity index (χ1n) is 2.39. The Morgan fingerprint density at radius 2 is 2.10 bits per heavy atom. The molecule has 0 unspecified atom stereocenters. The minimum absolute atomic E-state index is 0.305. The van der Waals surface area contributed by atoms with Gasteiger partial charge in [-0.05, 0) is 0 Å². The molecule has 0 atom stereocenters. The second kappa shape index (κ2) is 4.91. The van der Waals surface area contributed by atoms with Crippen molar-refractivity contribution in [3.05, 3.63) is 21.8 Å². The van der Waals surface area contributed by atoms with E-state index in [4.69, 9.17) is 9.69 Å². The summed E-state index contributed by atoms with van der Waals surface area (Å²) in [7, 11) is 5.27. The molecular formula is C4H7ClN2O2Rh-. The number of nitrogens with one attached hydrogen (secondary N) is 1. The number of rotatable bonds is 2. The molecule has 0 aliphatic carbocycles. The van der Waals surface area contributed by atoms with Crippen LogP contribution in [-0.4, -0.2) is 3.43 Å². The van der Waals surface area contributed by atoms with Crippen LogP contribution in [0.5, 0.6) is 0 Å². The van der Waals surface area contributed by atoms with E-state index in [1.54, 1.807) is 12.4 Å². The number of nitrogens with zero attached hydrogens (tertiary/aromatic N) is 1. The summed E-state index contributed by atoms with van der Waals surface area (Å²) in [6, 6.07) is 0. The number of hydrogen-bond donors (Lipinski definition) is 1. The van der Waals surface area contributed by atoms with Crippen molar-refractivity contribution in [1.82, 2.24) is 5.48 Å². The third kappa shape index (κ3) is 2.84. The zero-order valence-corrected chi connectivity index (χ0v) is 7.87. The Bertz CT molecular complexity index is 180. The molecule has 0 radical (unpaired) electrons. The first-order chi connectivity index (χ1) is 4.63. The quantitative estimate of drug-likeness (QED) is 0.595. The summed E-state index contributed by atoms with van der Waals surface area (Å²) in [5.41, 5.74) is 2.27. The molecule has 0 fully saturated rings. The fourth-order valence-electron chi connectivity index (χ4n) is 0.240. The van der Waals surface area contributed by atoms with Crippen molar-refractivity contribution in [3.8, 4) is 0 Å². The van der Waals surface area contributed by atoms with Gasteiger partial charge in [0.2, 0.25) is 0 Å². The van der Waals surface area contributed by atoms with Crippen LogP contribution < -0.4 is 5.48 Å². The number of hydroxylamine groups is 2. The molecule has 0 aromatic carbocycles. The summed E-state index contributed by atoms with van der Waals surface area (Å²) in [4.78, 5) is 0. The van der Waals surface area contributed by atoms with Crippen molar-refractivity contribution in [2.24, 2.45) is 0 Å². The molecule has 6 heteroatoms. The van der Waals surface area contributed by atoms with E-state index in [9.17, 15) is 10.4 Å². The van der Waals surface area contributed by atoms with Gasteiger partial charge in [-0.15, -0.1) is 0 Å². The van der Waals surface area contributed by atoms with Crippen LogP contribution in [-0.2, 0) is 15.9 Å². The van der Waals surface area contributed by atoms with Gasteiger partial charge in [0, 0.05) is 0 Å². The molecule has 0 aliphatic rings. The van der Waals surface area contributed by atoms with Gasteiger partial charge in [0.1, 0.15) is 0 Å². The van der Waals surface area contributed by atoms with Gasteiger partial charge in [0.15, 0.2) is 0 Å². The summed E-state index contributed by atoms with van der Waals surface area (Å²) in [5, 5.41) is 20.7. The number of hydrogen-bond acceptors (Lipinski definition) is 3. The van der Waals surface area contributed by atoms with Gasteiger partial charge >= 0.3 is 70.2 Å². The third-order valence-electron chi connectivity index (χ3n) is 0.996. The van der Waals surface area contributed by atoms with E-state index in [-0.39, 0.29) is 0 Å². The standard InChI is InChI=1S/C4H7N2O2.ClH.Rh/c1-3(5-7)4(2)6-8;;/h5H,1-2H3;1H;/q-1;;+1/p-1/b4-3-;;. The SMILES string of the molecule is C/C(N[O-])=C(\C)[N+]([O-])=[Rh][Cl]. The first kappa shape index (κ1) is 10.2. The van der Waals surface area contributed by atoms with Gasteiger partial charge in [-0.25, -0.2) is 0 Å². The van der Waals surface area contributed by atoms with Crippen LogP contribution in [0.4, 0.5) is 0 Å². The van der Waals surface area contributed by atoms with Crippen molar-refractivity contribution < 1.29 is 19.4 Å². The molecule has 62 valence electrons. The molecule has 0 heterocycles. The predicted octanol–water partition coefficient (Wildman–Crippen LogP) is 1.26. The van der Waals surface area contributed by atoms with Crippen molar-refractivity contribution in [2.75, 3.05) is 0 Å². The van der Waals surface area contributed by atoms with Crippen molar-refractivity contribution in [1.29, 1.82) is 0 Å². The Kier molecular flexibility index (Phi) is 4.99. The second-order valence-electron chi connectivity index (χ2n) is 1.60. The Morgan fingerprint density at radius 1 is 1.60 bits per heavy atom. The maximum atomic E-state index is 10.7. The van der Waals surface area contributed by atoms with Crippen LogP contribution in [0.1, 0.15) is 13.8 Å². The zero-order valence-electron chi connectivity index (χ0n) is 5.48. The van der Waals surface area contributed by atoms with E-state index in [0.29, 0.717) is 14.8 Å². The molecule has 1 N–H and O–H groups in total. The van der Waals surface area contributed by atoms with Crippen LogP contribution in [0.25, 0.3) is 0 Å².